The number of hydrogen-bond donors (Lipinski definition) is 2. The third kappa shape index (κ3) is 1.94. The molecular weight excluding hydrogens is 190 g/mol. The van der Waals surface area contributed by atoms with E-state index in [0.717, 1.165) is 18.8 Å². The van der Waals surface area contributed by atoms with Gasteiger partial charge in [-0.3, -0.25) is 10.2 Å². The zero-order valence-corrected chi connectivity index (χ0v) is 8.57. The van der Waals surface area contributed by atoms with Gasteiger partial charge in [0.25, 0.3) is 5.91 Å². The number of carbonyl (C=O) groups excluding carboxylic acids is 1. The van der Waals surface area contributed by atoms with Gasteiger partial charge in [-0.1, -0.05) is 12.1 Å². The molecule has 0 spiro atoms. The number of nitrogens with zero attached hydrogens (tertiary/aromatic N) is 1. The molecule has 0 unspecified atom stereocenters. The third-order valence-corrected chi connectivity index (χ3v) is 2.73. The van der Waals surface area contributed by atoms with Crippen LogP contribution in [0.4, 0.5) is 5.69 Å². The van der Waals surface area contributed by atoms with E-state index in [2.05, 4.69) is 10.3 Å². The van der Waals surface area contributed by atoms with Gasteiger partial charge in [-0.15, -0.1) is 0 Å². The standard InChI is InChI=1S/C11H15N3O/c12-13-11(15)9-5-1-2-6-10(9)14-7-3-4-8-14/h1-2,5-6H,3-4,7-8,12H2,(H,13,15). The van der Waals surface area contributed by atoms with Gasteiger partial charge in [-0.05, 0) is 25.0 Å². The minimum absolute atomic E-state index is 0.225. The molecule has 1 saturated heterocycles. The topological polar surface area (TPSA) is 58.4 Å². The Kier molecular flexibility index (Phi) is 2.87. The van der Waals surface area contributed by atoms with Gasteiger partial charge in [0.15, 0.2) is 0 Å². The van der Waals surface area contributed by atoms with Crippen LogP contribution in [-0.4, -0.2) is 19.0 Å². The molecule has 0 radical (unpaired) electrons. The molecule has 4 heteroatoms. The largest absolute Gasteiger partial charge is 0.371 e. The van der Waals surface area contributed by atoms with Crippen molar-refractivity contribution in [3.8, 4) is 0 Å². The van der Waals surface area contributed by atoms with Gasteiger partial charge in [0.05, 0.1) is 5.56 Å². The van der Waals surface area contributed by atoms with Crippen molar-refractivity contribution in [2.45, 2.75) is 12.8 Å². The molecule has 15 heavy (non-hydrogen) atoms. The molecule has 2 rings (SSSR count). The maximum atomic E-state index is 11.5. The highest BCUT2D eigenvalue weighted by atomic mass is 16.2. The SMILES string of the molecule is NNC(=O)c1ccccc1N1CCCC1. The lowest BCUT2D eigenvalue weighted by molar-refractivity contribution is 0.0954. The molecule has 4 nitrogen and oxygen atoms in total. The fourth-order valence-corrected chi connectivity index (χ4v) is 1.98. The van der Waals surface area contributed by atoms with Gasteiger partial charge >= 0.3 is 0 Å². The van der Waals surface area contributed by atoms with E-state index in [1.54, 1.807) is 6.07 Å². The summed E-state index contributed by atoms with van der Waals surface area (Å²) in [4.78, 5) is 13.8. The predicted octanol–water partition coefficient (Wildman–Crippen LogP) is 0.890. The van der Waals surface area contributed by atoms with E-state index in [4.69, 9.17) is 5.84 Å². The highest BCUT2D eigenvalue weighted by Crippen LogP contribution is 2.24. The number of carbonyl (C=O) groups is 1. The maximum absolute atomic E-state index is 11.5. The number of para-hydroxylation sites is 1. The third-order valence-electron chi connectivity index (χ3n) is 2.73. The van der Waals surface area contributed by atoms with E-state index >= 15 is 0 Å². The highest BCUT2D eigenvalue weighted by Gasteiger charge is 2.18. The number of nitrogens with two attached hydrogens (primary N) is 1. The molecule has 3 N–H and O–H groups in total. The second-order valence-corrected chi connectivity index (χ2v) is 3.68. The first-order valence-corrected chi connectivity index (χ1v) is 5.18. The van der Waals surface area contributed by atoms with Crippen molar-refractivity contribution < 1.29 is 4.79 Å². The Bertz CT molecular complexity index is 359. The van der Waals surface area contributed by atoms with Crippen LogP contribution in [0.5, 0.6) is 0 Å². The van der Waals surface area contributed by atoms with Gasteiger partial charge in [-0.25, -0.2) is 5.84 Å². The number of nitrogens with one attached hydrogen (secondary N) is 1. The van der Waals surface area contributed by atoms with E-state index in [9.17, 15) is 4.79 Å². The Balaban J connectivity index is 2.32. The molecule has 1 aromatic rings. The van der Waals surface area contributed by atoms with E-state index in [1.165, 1.54) is 12.8 Å². The molecular formula is C11H15N3O. The van der Waals surface area contributed by atoms with Gasteiger partial charge in [0.1, 0.15) is 0 Å². The fourth-order valence-electron chi connectivity index (χ4n) is 1.98. The van der Waals surface area contributed by atoms with Gasteiger partial charge < -0.3 is 4.90 Å². The molecule has 1 aliphatic heterocycles. The molecule has 1 aromatic carbocycles. The number of amides is 1. The van der Waals surface area contributed by atoms with Crippen molar-refractivity contribution in [2.75, 3.05) is 18.0 Å². The summed E-state index contributed by atoms with van der Waals surface area (Å²) in [5.41, 5.74) is 3.82. The Morgan fingerprint density at radius 3 is 2.60 bits per heavy atom. The van der Waals surface area contributed by atoms with Crippen molar-refractivity contribution >= 4 is 11.6 Å². The quantitative estimate of drug-likeness (QED) is 0.428. The normalized spacial score (nSPS) is 15.4. The van der Waals surface area contributed by atoms with Gasteiger partial charge in [-0.2, -0.15) is 0 Å². The molecule has 80 valence electrons. The molecule has 0 saturated carbocycles. The van der Waals surface area contributed by atoms with Crippen molar-refractivity contribution in [3.63, 3.8) is 0 Å². The first kappa shape index (κ1) is 9.98. The van der Waals surface area contributed by atoms with Crippen LogP contribution < -0.4 is 16.2 Å². The lowest BCUT2D eigenvalue weighted by Crippen LogP contribution is -2.32. The molecule has 1 amide bonds. The highest BCUT2D eigenvalue weighted by molar-refractivity contribution is 5.99. The molecule has 1 aliphatic rings. The second kappa shape index (κ2) is 4.31. The first-order chi connectivity index (χ1) is 7.33. The summed E-state index contributed by atoms with van der Waals surface area (Å²) >= 11 is 0. The zero-order valence-electron chi connectivity index (χ0n) is 8.57. The number of anilines is 1. The minimum atomic E-state index is -0.225. The lowest BCUT2D eigenvalue weighted by Gasteiger charge is -2.20. The molecule has 1 heterocycles. The molecule has 1 fully saturated rings. The van der Waals surface area contributed by atoms with Crippen molar-refractivity contribution in [1.82, 2.24) is 5.43 Å². The van der Waals surface area contributed by atoms with Crippen LogP contribution in [0.2, 0.25) is 0 Å². The summed E-state index contributed by atoms with van der Waals surface area (Å²) in [5.74, 6) is 4.93. The number of hydrazine groups is 1. The van der Waals surface area contributed by atoms with Crippen molar-refractivity contribution in [3.05, 3.63) is 29.8 Å². The van der Waals surface area contributed by atoms with Crippen LogP contribution in [0.15, 0.2) is 24.3 Å². The molecule has 0 aliphatic carbocycles. The van der Waals surface area contributed by atoms with E-state index in [0.29, 0.717) is 5.56 Å². The Morgan fingerprint density at radius 1 is 1.27 bits per heavy atom. The fraction of sp³-hybridized carbons (Fsp3) is 0.364. The summed E-state index contributed by atoms with van der Waals surface area (Å²) < 4.78 is 0. The summed E-state index contributed by atoms with van der Waals surface area (Å²) in [6.07, 6.45) is 2.39. The molecule has 0 bridgehead atoms. The zero-order chi connectivity index (χ0) is 10.7. The smallest absolute Gasteiger partial charge is 0.267 e. The number of rotatable bonds is 2. The summed E-state index contributed by atoms with van der Waals surface area (Å²) in [5, 5.41) is 0. The monoisotopic (exact) mass is 205 g/mol. The Labute approximate surface area is 89.0 Å². The van der Waals surface area contributed by atoms with E-state index in [1.807, 2.05) is 18.2 Å². The number of hydrogen-bond acceptors (Lipinski definition) is 3. The summed E-state index contributed by atoms with van der Waals surface area (Å²) in [6, 6.07) is 7.57. The molecule has 0 atom stereocenters. The van der Waals surface area contributed by atoms with E-state index in [-0.39, 0.29) is 5.91 Å². The van der Waals surface area contributed by atoms with E-state index < -0.39 is 0 Å². The van der Waals surface area contributed by atoms with Crippen molar-refractivity contribution in [1.29, 1.82) is 0 Å². The maximum Gasteiger partial charge on any atom is 0.267 e. The summed E-state index contributed by atoms with van der Waals surface area (Å²) in [7, 11) is 0. The number of nitrogen functional groups attached to an aromatic ring is 1. The number of benzene rings is 1. The van der Waals surface area contributed by atoms with Crippen LogP contribution in [-0.2, 0) is 0 Å². The Hall–Kier alpha value is -1.55. The van der Waals surface area contributed by atoms with Crippen LogP contribution in [0, 0.1) is 0 Å². The van der Waals surface area contributed by atoms with Gasteiger partial charge in [0.2, 0.25) is 0 Å². The van der Waals surface area contributed by atoms with Crippen LogP contribution in [0.1, 0.15) is 23.2 Å². The second-order valence-electron chi connectivity index (χ2n) is 3.68. The van der Waals surface area contributed by atoms with Gasteiger partial charge in [0, 0.05) is 18.8 Å². The average Bonchev–Trinajstić information content (AvgIpc) is 2.81. The first-order valence-electron chi connectivity index (χ1n) is 5.18. The van der Waals surface area contributed by atoms with Crippen LogP contribution in [0.25, 0.3) is 0 Å². The van der Waals surface area contributed by atoms with Crippen LogP contribution in [0.3, 0.4) is 0 Å². The molecule has 0 aromatic heterocycles. The predicted molar refractivity (Wildman–Crippen MR) is 59.5 cm³/mol. The lowest BCUT2D eigenvalue weighted by atomic mass is 10.1. The summed E-state index contributed by atoms with van der Waals surface area (Å²) in [6.45, 7) is 2.05. The van der Waals surface area contributed by atoms with Crippen molar-refractivity contribution in [2.24, 2.45) is 5.84 Å². The Morgan fingerprint density at radius 2 is 1.93 bits per heavy atom. The average molecular weight is 205 g/mol. The van der Waals surface area contributed by atoms with Crippen LogP contribution >= 0.6 is 0 Å². The minimum Gasteiger partial charge on any atom is -0.371 e.